The highest BCUT2D eigenvalue weighted by atomic mass is 35.5. The molecule has 1 aliphatic heterocycles. The van der Waals surface area contributed by atoms with Gasteiger partial charge in [-0.3, -0.25) is 9.69 Å². The van der Waals surface area contributed by atoms with Crippen LogP contribution in [-0.2, 0) is 11.3 Å². The third-order valence-electron chi connectivity index (χ3n) is 4.73. The number of piperidine rings is 1. The van der Waals surface area contributed by atoms with Crippen LogP contribution < -0.4 is 5.32 Å². The number of nitrogens with zero attached hydrogens (tertiary/aromatic N) is 3. The Morgan fingerprint density at radius 1 is 1.22 bits per heavy atom. The Morgan fingerprint density at radius 3 is 2.74 bits per heavy atom. The summed E-state index contributed by atoms with van der Waals surface area (Å²) in [7, 11) is 0. The molecule has 3 heterocycles. The van der Waals surface area contributed by atoms with Gasteiger partial charge in [0.15, 0.2) is 0 Å². The molecule has 4 rings (SSSR count). The van der Waals surface area contributed by atoms with Crippen LogP contribution in [0.25, 0.3) is 5.65 Å². The van der Waals surface area contributed by atoms with Crippen LogP contribution in [0.5, 0.6) is 0 Å². The number of carbonyl (C=O) groups excluding carboxylic acids is 1. The van der Waals surface area contributed by atoms with E-state index in [0.29, 0.717) is 11.1 Å². The predicted octanol–water partition coefficient (Wildman–Crippen LogP) is 2.48. The lowest BCUT2D eigenvalue weighted by atomic mass is 9.96. The number of rotatable bonds is 4. The van der Waals surface area contributed by atoms with E-state index in [1.54, 1.807) is 0 Å². The van der Waals surface area contributed by atoms with Crippen molar-refractivity contribution in [3.63, 3.8) is 0 Å². The molecule has 1 saturated carbocycles. The van der Waals surface area contributed by atoms with Gasteiger partial charge in [0, 0.05) is 30.9 Å². The van der Waals surface area contributed by atoms with E-state index in [1.165, 1.54) is 0 Å². The van der Waals surface area contributed by atoms with E-state index in [4.69, 9.17) is 11.6 Å². The number of likely N-dealkylation sites (tertiary alicyclic amines) is 1. The van der Waals surface area contributed by atoms with Gasteiger partial charge in [-0.15, -0.1) is 0 Å². The van der Waals surface area contributed by atoms with Crippen molar-refractivity contribution in [1.82, 2.24) is 19.6 Å². The van der Waals surface area contributed by atoms with Gasteiger partial charge in [-0.25, -0.2) is 4.98 Å². The molecule has 1 N–H and O–H groups in total. The fraction of sp³-hybridized carbons (Fsp3) is 0.529. The van der Waals surface area contributed by atoms with Crippen molar-refractivity contribution in [2.24, 2.45) is 5.92 Å². The molecule has 1 saturated heterocycles. The van der Waals surface area contributed by atoms with E-state index in [-0.39, 0.29) is 11.8 Å². The monoisotopic (exact) mass is 332 g/mol. The molecule has 0 aromatic carbocycles. The molecular weight excluding hydrogens is 312 g/mol. The zero-order valence-electron chi connectivity index (χ0n) is 13.0. The highest BCUT2D eigenvalue weighted by Crippen LogP contribution is 2.23. The van der Waals surface area contributed by atoms with Gasteiger partial charge in [0.1, 0.15) is 5.65 Å². The molecule has 0 atom stereocenters. The Morgan fingerprint density at radius 2 is 2.00 bits per heavy atom. The second-order valence-electron chi connectivity index (χ2n) is 6.68. The molecule has 2 aromatic rings. The second kappa shape index (κ2) is 6.13. The van der Waals surface area contributed by atoms with Crippen molar-refractivity contribution in [1.29, 1.82) is 0 Å². The number of amides is 1. The summed E-state index contributed by atoms with van der Waals surface area (Å²) in [6.45, 7) is 2.74. The number of halogens is 1. The van der Waals surface area contributed by atoms with E-state index >= 15 is 0 Å². The number of fused-ring (bicyclic) bond motifs is 1. The Hall–Kier alpha value is -1.59. The minimum atomic E-state index is 0.187. The highest BCUT2D eigenvalue weighted by molar-refractivity contribution is 6.30. The largest absolute Gasteiger partial charge is 0.353 e. The van der Waals surface area contributed by atoms with Gasteiger partial charge in [-0.05, 0) is 50.9 Å². The number of carbonyl (C=O) groups is 1. The molecule has 1 aliphatic carbocycles. The molecule has 0 unspecified atom stereocenters. The topological polar surface area (TPSA) is 49.6 Å². The lowest BCUT2D eigenvalue weighted by molar-refractivity contribution is -0.126. The lowest BCUT2D eigenvalue weighted by Gasteiger charge is -2.30. The molecule has 0 spiro atoms. The summed E-state index contributed by atoms with van der Waals surface area (Å²) in [5, 5.41) is 3.84. The molecule has 122 valence electrons. The van der Waals surface area contributed by atoms with Crippen LogP contribution >= 0.6 is 11.6 Å². The normalized spacial score (nSPS) is 20.0. The van der Waals surface area contributed by atoms with Crippen molar-refractivity contribution in [3.8, 4) is 0 Å². The predicted molar refractivity (Wildman–Crippen MR) is 89.4 cm³/mol. The van der Waals surface area contributed by atoms with Gasteiger partial charge in [-0.2, -0.15) is 0 Å². The maximum absolute atomic E-state index is 12.1. The van der Waals surface area contributed by atoms with Crippen LogP contribution in [0.4, 0.5) is 0 Å². The summed E-state index contributed by atoms with van der Waals surface area (Å²) in [6.07, 6.45) is 8.11. The zero-order valence-corrected chi connectivity index (χ0v) is 13.8. The van der Waals surface area contributed by atoms with E-state index in [0.717, 1.165) is 56.7 Å². The number of aromatic nitrogens is 2. The van der Waals surface area contributed by atoms with Gasteiger partial charge in [0.2, 0.25) is 5.91 Å². The average molecular weight is 333 g/mol. The smallest absolute Gasteiger partial charge is 0.223 e. The molecule has 23 heavy (non-hydrogen) atoms. The summed E-state index contributed by atoms with van der Waals surface area (Å²) >= 11 is 6.01. The van der Waals surface area contributed by atoms with Gasteiger partial charge in [0.05, 0.1) is 10.7 Å². The van der Waals surface area contributed by atoms with Gasteiger partial charge in [0.25, 0.3) is 0 Å². The first-order valence-electron chi connectivity index (χ1n) is 8.33. The van der Waals surface area contributed by atoms with Crippen LogP contribution in [0.2, 0.25) is 5.02 Å². The molecule has 2 aliphatic rings. The molecule has 0 bridgehead atoms. The Kier molecular flexibility index (Phi) is 3.99. The number of pyridine rings is 1. The summed E-state index contributed by atoms with van der Waals surface area (Å²) in [5.74, 6) is 0.446. The second-order valence-corrected chi connectivity index (χ2v) is 7.11. The quantitative estimate of drug-likeness (QED) is 0.935. The van der Waals surface area contributed by atoms with E-state index in [9.17, 15) is 4.79 Å². The first kappa shape index (κ1) is 15.0. The summed E-state index contributed by atoms with van der Waals surface area (Å²) in [4.78, 5) is 19.1. The van der Waals surface area contributed by atoms with Crippen LogP contribution in [-0.4, -0.2) is 39.3 Å². The number of hydrogen-bond acceptors (Lipinski definition) is 3. The average Bonchev–Trinajstić information content (AvgIpc) is 3.26. The van der Waals surface area contributed by atoms with E-state index in [1.807, 2.05) is 28.9 Å². The minimum absolute atomic E-state index is 0.187. The number of hydrogen-bond donors (Lipinski definition) is 1. The molecule has 2 fully saturated rings. The maximum Gasteiger partial charge on any atom is 0.223 e. The van der Waals surface area contributed by atoms with Crippen molar-refractivity contribution in [2.75, 3.05) is 13.1 Å². The van der Waals surface area contributed by atoms with E-state index < -0.39 is 0 Å². The fourth-order valence-electron chi connectivity index (χ4n) is 3.22. The van der Waals surface area contributed by atoms with Crippen LogP contribution in [0.15, 0.2) is 24.5 Å². The molecule has 5 nitrogen and oxygen atoms in total. The fourth-order valence-corrected chi connectivity index (χ4v) is 3.39. The zero-order chi connectivity index (χ0) is 15.8. The first-order valence-corrected chi connectivity index (χ1v) is 8.71. The number of imidazole rings is 1. The molecule has 0 radical (unpaired) electrons. The summed E-state index contributed by atoms with van der Waals surface area (Å²) in [6, 6.07) is 4.25. The van der Waals surface area contributed by atoms with Crippen molar-refractivity contribution in [2.45, 2.75) is 38.3 Å². The molecule has 1 amide bonds. The molecule has 2 aromatic heterocycles. The maximum atomic E-state index is 12.1. The first-order chi connectivity index (χ1) is 11.2. The standard InChI is InChI=1S/C17H21ClN4O/c18-13-1-4-16-19-15(11-22(16)9-13)10-21-7-5-12(6-8-21)17(23)20-14-2-3-14/h1,4,9,11-12,14H,2-3,5-8,10H2,(H,20,23). The van der Waals surface area contributed by atoms with Gasteiger partial charge in [-0.1, -0.05) is 11.6 Å². The third kappa shape index (κ3) is 3.51. The van der Waals surface area contributed by atoms with Crippen LogP contribution in [0.3, 0.4) is 0 Å². The van der Waals surface area contributed by atoms with Crippen molar-refractivity contribution in [3.05, 3.63) is 35.2 Å². The minimum Gasteiger partial charge on any atom is -0.353 e. The Balaban J connectivity index is 1.33. The third-order valence-corrected chi connectivity index (χ3v) is 4.96. The Labute approximate surface area is 140 Å². The molecular formula is C17H21ClN4O. The van der Waals surface area contributed by atoms with Crippen molar-refractivity contribution >= 4 is 23.2 Å². The number of nitrogens with one attached hydrogen (secondary N) is 1. The summed E-state index contributed by atoms with van der Waals surface area (Å²) < 4.78 is 1.97. The molecule has 6 heteroatoms. The van der Waals surface area contributed by atoms with E-state index in [2.05, 4.69) is 15.2 Å². The SMILES string of the molecule is O=C(NC1CC1)C1CCN(Cc2cn3cc(Cl)ccc3n2)CC1. The van der Waals surface area contributed by atoms with Crippen LogP contribution in [0.1, 0.15) is 31.4 Å². The lowest BCUT2D eigenvalue weighted by Crippen LogP contribution is -2.40. The van der Waals surface area contributed by atoms with Gasteiger partial charge < -0.3 is 9.72 Å². The van der Waals surface area contributed by atoms with Crippen LogP contribution in [0, 0.1) is 5.92 Å². The Bertz CT molecular complexity index is 716. The van der Waals surface area contributed by atoms with Gasteiger partial charge >= 0.3 is 0 Å². The summed E-state index contributed by atoms with van der Waals surface area (Å²) in [5.41, 5.74) is 1.97. The highest BCUT2D eigenvalue weighted by Gasteiger charge is 2.29. The van der Waals surface area contributed by atoms with Crippen molar-refractivity contribution < 1.29 is 4.79 Å².